The summed E-state index contributed by atoms with van der Waals surface area (Å²) >= 11 is 0. The van der Waals surface area contributed by atoms with Crippen LogP contribution in [0.1, 0.15) is 39.5 Å². The zero-order chi connectivity index (χ0) is 14.6. The molecular formula is C16H22FNO2. The lowest BCUT2D eigenvalue weighted by Gasteiger charge is -2.17. The number of hydrogen-bond acceptors (Lipinski definition) is 2. The Kier molecular flexibility index (Phi) is 4.63. The SMILES string of the molecule is CC1(C)CCC(NC(=O)CCOc2cccc(F)c2)C1. The Hall–Kier alpha value is -1.58. The Balaban J connectivity index is 1.68. The van der Waals surface area contributed by atoms with Crippen molar-refractivity contribution in [2.45, 2.75) is 45.6 Å². The molecule has 20 heavy (non-hydrogen) atoms. The van der Waals surface area contributed by atoms with Crippen molar-refractivity contribution < 1.29 is 13.9 Å². The number of hydrogen-bond donors (Lipinski definition) is 1. The molecular weight excluding hydrogens is 257 g/mol. The van der Waals surface area contributed by atoms with Gasteiger partial charge >= 0.3 is 0 Å². The Labute approximate surface area is 119 Å². The second-order valence-corrected chi connectivity index (χ2v) is 6.23. The summed E-state index contributed by atoms with van der Waals surface area (Å²) in [6.45, 7) is 4.73. The number of nitrogens with one attached hydrogen (secondary N) is 1. The number of amides is 1. The van der Waals surface area contributed by atoms with Crippen molar-refractivity contribution in [3.8, 4) is 5.75 Å². The summed E-state index contributed by atoms with van der Waals surface area (Å²) in [5.41, 5.74) is 0.329. The van der Waals surface area contributed by atoms with Crippen LogP contribution in [0.2, 0.25) is 0 Å². The van der Waals surface area contributed by atoms with Crippen LogP contribution in [0.25, 0.3) is 0 Å². The minimum atomic E-state index is -0.333. The smallest absolute Gasteiger partial charge is 0.223 e. The van der Waals surface area contributed by atoms with E-state index in [1.54, 1.807) is 12.1 Å². The number of halogens is 1. The second kappa shape index (κ2) is 6.25. The van der Waals surface area contributed by atoms with E-state index in [9.17, 15) is 9.18 Å². The van der Waals surface area contributed by atoms with Crippen molar-refractivity contribution in [1.29, 1.82) is 0 Å². The van der Waals surface area contributed by atoms with E-state index in [-0.39, 0.29) is 24.4 Å². The molecule has 1 atom stereocenters. The standard InChI is InChI=1S/C16H22FNO2/c1-16(2)8-6-13(11-16)18-15(19)7-9-20-14-5-3-4-12(17)10-14/h3-5,10,13H,6-9,11H2,1-2H3,(H,18,19). The van der Waals surface area contributed by atoms with Crippen molar-refractivity contribution >= 4 is 5.91 Å². The molecule has 1 aromatic rings. The molecule has 1 unspecified atom stereocenters. The Morgan fingerprint density at radius 1 is 1.50 bits per heavy atom. The van der Waals surface area contributed by atoms with Crippen molar-refractivity contribution in [2.75, 3.05) is 6.61 Å². The van der Waals surface area contributed by atoms with Gasteiger partial charge in [0.25, 0.3) is 0 Å². The van der Waals surface area contributed by atoms with Gasteiger partial charge in [0.05, 0.1) is 13.0 Å². The van der Waals surface area contributed by atoms with Crippen molar-refractivity contribution in [3.63, 3.8) is 0 Å². The number of carbonyl (C=O) groups excluding carboxylic acids is 1. The molecule has 1 amide bonds. The van der Waals surface area contributed by atoms with Crippen LogP contribution in [-0.4, -0.2) is 18.6 Å². The third kappa shape index (κ3) is 4.51. The lowest BCUT2D eigenvalue weighted by atomic mass is 9.92. The molecule has 0 aliphatic heterocycles. The first kappa shape index (κ1) is 14.8. The van der Waals surface area contributed by atoms with E-state index in [1.807, 2.05) is 0 Å². The van der Waals surface area contributed by atoms with Gasteiger partial charge in [-0.15, -0.1) is 0 Å². The zero-order valence-electron chi connectivity index (χ0n) is 12.1. The molecule has 3 nitrogen and oxygen atoms in total. The van der Waals surface area contributed by atoms with E-state index >= 15 is 0 Å². The van der Waals surface area contributed by atoms with Gasteiger partial charge in [0.2, 0.25) is 5.91 Å². The fourth-order valence-corrected chi connectivity index (χ4v) is 2.68. The molecule has 0 radical (unpaired) electrons. The van der Waals surface area contributed by atoms with Gasteiger partial charge < -0.3 is 10.1 Å². The molecule has 0 aromatic heterocycles. The number of ether oxygens (including phenoxy) is 1. The van der Waals surface area contributed by atoms with E-state index < -0.39 is 0 Å². The third-order valence-electron chi connectivity index (χ3n) is 3.73. The molecule has 110 valence electrons. The van der Waals surface area contributed by atoms with Gasteiger partial charge in [-0.05, 0) is 36.8 Å². The summed E-state index contributed by atoms with van der Waals surface area (Å²) in [5, 5.41) is 3.04. The summed E-state index contributed by atoms with van der Waals surface area (Å²) < 4.78 is 18.3. The highest BCUT2D eigenvalue weighted by molar-refractivity contribution is 5.76. The summed E-state index contributed by atoms with van der Waals surface area (Å²) in [5.74, 6) is 0.129. The maximum absolute atomic E-state index is 12.9. The summed E-state index contributed by atoms with van der Waals surface area (Å²) in [6, 6.07) is 6.23. The topological polar surface area (TPSA) is 38.3 Å². The normalized spacial score (nSPS) is 20.6. The predicted octanol–water partition coefficient (Wildman–Crippen LogP) is 3.29. The number of rotatable bonds is 5. The van der Waals surface area contributed by atoms with E-state index in [1.165, 1.54) is 12.1 Å². The van der Waals surface area contributed by atoms with Gasteiger partial charge in [-0.1, -0.05) is 19.9 Å². The van der Waals surface area contributed by atoms with Crippen LogP contribution < -0.4 is 10.1 Å². The van der Waals surface area contributed by atoms with Crippen LogP contribution in [-0.2, 0) is 4.79 Å². The predicted molar refractivity (Wildman–Crippen MR) is 76.1 cm³/mol. The monoisotopic (exact) mass is 279 g/mol. The fourth-order valence-electron chi connectivity index (χ4n) is 2.68. The van der Waals surface area contributed by atoms with Crippen LogP contribution in [0.3, 0.4) is 0 Å². The number of carbonyl (C=O) groups is 1. The van der Waals surface area contributed by atoms with Crippen LogP contribution >= 0.6 is 0 Å². The van der Waals surface area contributed by atoms with Gasteiger partial charge in [0, 0.05) is 12.1 Å². The average Bonchev–Trinajstić information content (AvgIpc) is 2.68. The van der Waals surface area contributed by atoms with Crippen molar-refractivity contribution in [2.24, 2.45) is 5.41 Å². The minimum Gasteiger partial charge on any atom is -0.493 e. The first-order chi connectivity index (χ1) is 9.44. The molecule has 0 saturated heterocycles. The lowest BCUT2D eigenvalue weighted by Crippen LogP contribution is -2.34. The summed E-state index contributed by atoms with van der Waals surface area (Å²) in [7, 11) is 0. The lowest BCUT2D eigenvalue weighted by molar-refractivity contribution is -0.122. The highest BCUT2D eigenvalue weighted by atomic mass is 19.1. The van der Waals surface area contributed by atoms with E-state index in [4.69, 9.17) is 4.74 Å². The first-order valence-electron chi connectivity index (χ1n) is 7.12. The second-order valence-electron chi connectivity index (χ2n) is 6.23. The average molecular weight is 279 g/mol. The Bertz CT molecular complexity index is 473. The van der Waals surface area contributed by atoms with Gasteiger partial charge in [-0.3, -0.25) is 4.79 Å². The van der Waals surface area contributed by atoms with E-state index in [0.717, 1.165) is 19.3 Å². The quantitative estimate of drug-likeness (QED) is 0.898. The van der Waals surface area contributed by atoms with Crippen molar-refractivity contribution in [1.82, 2.24) is 5.32 Å². The first-order valence-corrected chi connectivity index (χ1v) is 7.12. The van der Waals surface area contributed by atoms with Crippen LogP contribution in [0.5, 0.6) is 5.75 Å². The van der Waals surface area contributed by atoms with E-state index in [2.05, 4.69) is 19.2 Å². The van der Waals surface area contributed by atoms with Gasteiger partial charge in [0.1, 0.15) is 11.6 Å². The zero-order valence-corrected chi connectivity index (χ0v) is 12.1. The fraction of sp³-hybridized carbons (Fsp3) is 0.562. The number of benzene rings is 1. The summed E-state index contributed by atoms with van der Waals surface area (Å²) in [4.78, 5) is 11.8. The molecule has 1 N–H and O–H groups in total. The molecule has 1 fully saturated rings. The van der Waals surface area contributed by atoms with Crippen LogP contribution in [0.15, 0.2) is 24.3 Å². The molecule has 4 heteroatoms. The Morgan fingerprint density at radius 3 is 2.95 bits per heavy atom. The molecule has 1 aliphatic carbocycles. The highest BCUT2D eigenvalue weighted by Crippen LogP contribution is 2.36. The molecule has 0 bridgehead atoms. The molecule has 2 rings (SSSR count). The summed E-state index contributed by atoms with van der Waals surface area (Å²) in [6.07, 6.45) is 3.53. The maximum atomic E-state index is 12.9. The maximum Gasteiger partial charge on any atom is 0.223 e. The molecule has 0 heterocycles. The molecule has 0 spiro atoms. The minimum absolute atomic E-state index is 0.00380. The van der Waals surface area contributed by atoms with Gasteiger partial charge in [0.15, 0.2) is 0 Å². The van der Waals surface area contributed by atoms with E-state index in [0.29, 0.717) is 17.6 Å². The van der Waals surface area contributed by atoms with Crippen molar-refractivity contribution in [3.05, 3.63) is 30.1 Å². The molecule has 1 aromatic carbocycles. The highest BCUT2D eigenvalue weighted by Gasteiger charge is 2.31. The molecule has 1 saturated carbocycles. The Morgan fingerprint density at radius 2 is 2.30 bits per heavy atom. The van der Waals surface area contributed by atoms with Crippen LogP contribution in [0.4, 0.5) is 4.39 Å². The largest absolute Gasteiger partial charge is 0.493 e. The third-order valence-corrected chi connectivity index (χ3v) is 3.73. The van der Waals surface area contributed by atoms with Gasteiger partial charge in [-0.2, -0.15) is 0 Å². The van der Waals surface area contributed by atoms with Crippen LogP contribution in [0, 0.1) is 11.2 Å². The van der Waals surface area contributed by atoms with Gasteiger partial charge in [-0.25, -0.2) is 4.39 Å². The molecule has 1 aliphatic rings.